The van der Waals surface area contributed by atoms with Gasteiger partial charge >= 0.3 is 12.3 Å². The van der Waals surface area contributed by atoms with Crippen LogP contribution in [0.15, 0.2) is 36.4 Å². The van der Waals surface area contributed by atoms with Crippen LogP contribution < -0.4 is 10.8 Å². The Morgan fingerprint density at radius 1 is 1.12 bits per heavy atom. The minimum Gasteiger partial charge on any atom is -0.453 e. The number of rotatable bonds is 3. The van der Waals surface area contributed by atoms with Crippen LogP contribution in [-0.4, -0.2) is 25.3 Å². The predicted octanol–water partition coefficient (Wildman–Crippen LogP) is 5.78. The number of hydrogen-bond acceptors (Lipinski definition) is 5. The molecule has 6 nitrogen and oxygen atoms in total. The second-order valence-electron chi connectivity index (χ2n) is 6.72. The lowest BCUT2D eigenvalue weighted by atomic mass is 9.91. The van der Waals surface area contributed by atoms with Crippen LogP contribution in [0.1, 0.15) is 27.0 Å². The van der Waals surface area contributed by atoms with Crippen LogP contribution in [-0.2, 0) is 15.2 Å². The van der Waals surface area contributed by atoms with E-state index in [1.165, 1.54) is 18.2 Å². The molecule has 2 amide bonds. The molecule has 12 heteroatoms. The quantitative estimate of drug-likeness (QED) is 0.513. The summed E-state index contributed by atoms with van der Waals surface area (Å²) in [6, 6.07) is 6.26. The van der Waals surface area contributed by atoms with E-state index in [4.69, 9.17) is 39.6 Å². The molecule has 0 radical (unpaired) electrons. The van der Waals surface area contributed by atoms with Crippen molar-refractivity contribution >= 4 is 52.5 Å². The van der Waals surface area contributed by atoms with Crippen molar-refractivity contribution in [2.75, 3.05) is 7.11 Å². The lowest BCUT2D eigenvalue weighted by Gasteiger charge is -2.29. The fourth-order valence-corrected chi connectivity index (χ4v) is 3.65. The van der Waals surface area contributed by atoms with E-state index in [9.17, 15) is 22.8 Å². The van der Waals surface area contributed by atoms with Gasteiger partial charge in [0.2, 0.25) is 5.60 Å². The van der Waals surface area contributed by atoms with Gasteiger partial charge in [-0.05, 0) is 48.4 Å². The number of carbonyl (C=O) groups excluding carboxylic acids is 2. The van der Waals surface area contributed by atoms with E-state index in [2.05, 4.69) is 10.2 Å². The van der Waals surface area contributed by atoms with E-state index in [0.29, 0.717) is 11.1 Å². The number of alkyl carbamates (subject to hydrolysis) is 1. The molecule has 2 aromatic carbocycles. The molecule has 2 N–H and O–H groups in total. The van der Waals surface area contributed by atoms with Gasteiger partial charge in [-0.2, -0.15) is 13.2 Å². The number of halogens is 6. The molecule has 1 unspecified atom stereocenters. The van der Waals surface area contributed by atoms with Crippen molar-refractivity contribution in [2.24, 2.45) is 0 Å². The standard InChI is InChI=1S/C20H14Cl3F3N2O4/c1-9-5-10(3-4-12(9)17(29)27-18(30)31-2)15-8-19(32-28-15,20(24,25)26)11-6-13(21)16(23)14(22)7-11/h3-8,28H,1-2H3,(H,27,29,30). The van der Waals surface area contributed by atoms with Crippen molar-refractivity contribution in [3.63, 3.8) is 0 Å². The number of alkyl halides is 3. The summed E-state index contributed by atoms with van der Waals surface area (Å²) in [5, 5.41) is 1.59. The molecule has 1 aliphatic heterocycles. The van der Waals surface area contributed by atoms with Gasteiger partial charge in [0.1, 0.15) is 0 Å². The molecule has 1 atom stereocenters. The Kier molecular flexibility index (Phi) is 6.67. The monoisotopic (exact) mass is 508 g/mol. The summed E-state index contributed by atoms with van der Waals surface area (Å²) >= 11 is 17.7. The number of hydrogen-bond donors (Lipinski definition) is 2. The third-order valence-electron chi connectivity index (χ3n) is 4.69. The van der Waals surface area contributed by atoms with Crippen molar-refractivity contribution in [1.29, 1.82) is 0 Å². The molecule has 1 heterocycles. The van der Waals surface area contributed by atoms with Gasteiger partial charge in [0.25, 0.3) is 5.91 Å². The number of imide groups is 1. The highest BCUT2D eigenvalue weighted by molar-refractivity contribution is 6.48. The second-order valence-corrected chi connectivity index (χ2v) is 7.92. The number of amides is 2. The number of carbonyl (C=O) groups is 2. The van der Waals surface area contributed by atoms with Gasteiger partial charge in [-0.1, -0.05) is 40.9 Å². The molecule has 0 bridgehead atoms. The van der Waals surface area contributed by atoms with E-state index in [1.807, 2.05) is 5.32 Å². The van der Waals surface area contributed by atoms with Crippen LogP contribution in [0.3, 0.4) is 0 Å². The maximum Gasteiger partial charge on any atom is 0.428 e. The lowest BCUT2D eigenvalue weighted by Crippen LogP contribution is -2.42. The van der Waals surface area contributed by atoms with Gasteiger partial charge in [-0.15, -0.1) is 0 Å². The summed E-state index contributed by atoms with van der Waals surface area (Å²) in [5.41, 5.74) is -0.157. The molecule has 3 rings (SSSR count). The molecule has 0 aliphatic carbocycles. The zero-order chi connectivity index (χ0) is 23.8. The summed E-state index contributed by atoms with van der Waals surface area (Å²) in [4.78, 5) is 28.4. The van der Waals surface area contributed by atoms with Gasteiger partial charge in [0.05, 0.1) is 27.9 Å². The lowest BCUT2D eigenvalue weighted by molar-refractivity contribution is -0.269. The van der Waals surface area contributed by atoms with Crippen molar-refractivity contribution < 1.29 is 32.3 Å². The highest BCUT2D eigenvalue weighted by Crippen LogP contribution is 2.49. The SMILES string of the molecule is COC(=O)NC(=O)c1ccc(C2=CC(c3cc(Cl)c(Cl)c(Cl)c3)(C(F)(F)F)ON2)cc1C. The maximum atomic E-state index is 14.1. The molecule has 0 saturated carbocycles. The summed E-state index contributed by atoms with van der Waals surface area (Å²) in [7, 11) is 1.10. The molecule has 0 spiro atoms. The molecule has 0 fully saturated rings. The van der Waals surface area contributed by atoms with Crippen LogP contribution in [0.2, 0.25) is 15.1 Å². The number of nitrogens with one attached hydrogen (secondary N) is 2. The van der Waals surface area contributed by atoms with Crippen molar-refractivity contribution in [2.45, 2.75) is 18.7 Å². The molecule has 170 valence electrons. The van der Waals surface area contributed by atoms with Crippen molar-refractivity contribution in [1.82, 2.24) is 10.8 Å². The van der Waals surface area contributed by atoms with Crippen molar-refractivity contribution in [3.8, 4) is 0 Å². The summed E-state index contributed by atoms with van der Waals surface area (Å²) in [6.07, 6.45) is -4.99. The molecular formula is C20H14Cl3F3N2O4. The van der Waals surface area contributed by atoms with E-state index in [0.717, 1.165) is 25.3 Å². The summed E-state index contributed by atoms with van der Waals surface area (Å²) in [5.74, 6) is -0.722. The molecule has 1 aliphatic rings. The van der Waals surface area contributed by atoms with Crippen LogP contribution >= 0.6 is 34.8 Å². The topological polar surface area (TPSA) is 76.7 Å². The fraction of sp³-hybridized carbons (Fsp3) is 0.200. The number of hydroxylamine groups is 1. The first-order valence-corrected chi connectivity index (χ1v) is 9.92. The highest BCUT2D eigenvalue weighted by atomic mass is 35.5. The first kappa shape index (κ1) is 24.2. The maximum absolute atomic E-state index is 14.1. The number of benzene rings is 2. The van der Waals surface area contributed by atoms with E-state index in [1.54, 1.807) is 6.92 Å². The first-order valence-electron chi connectivity index (χ1n) is 8.78. The smallest absolute Gasteiger partial charge is 0.428 e. The summed E-state index contributed by atoms with van der Waals surface area (Å²) < 4.78 is 46.8. The van der Waals surface area contributed by atoms with E-state index >= 15 is 0 Å². The predicted molar refractivity (Wildman–Crippen MR) is 112 cm³/mol. The molecule has 2 aromatic rings. The Morgan fingerprint density at radius 2 is 1.75 bits per heavy atom. The Balaban J connectivity index is 2.03. The van der Waals surface area contributed by atoms with Crippen molar-refractivity contribution in [3.05, 3.63) is 73.7 Å². The number of aryl methyl sites for hydroxylation is 1. The largest absolute Gasteiger partial charge is 0.453 e. The van der Waals surface area contributed by atoms with Crippen LogP contribution in [0, 0.1) is 6.92 Å². The van der Waals surface area contributed by atoms with Gasteiger partial charge in [-0.25, -0.2) is 4.79 Å². The van der Waals surface area contributed by atoms with Gasteiger partial charge in [0, 0.05) is 11.1 Å². The fourth-order valence-electron chi connectivity index (χ4n) is 3.05. The van der Waals surface area contributed by atoms with Gasteiger partial charge in [0.15, 0.2) is 0 Å². The number of ether oxygens (including phenoxy) is 1. The Bertz CT molecular complexity index is 1110. The minimum atomic E-state index is -4.89. The average Bonchev–Trinajstić information content (AvgIpc) is 3.18. The minimum absolute atomic E-state index is 0.00690. The zero-order valence-corrected chi connectivity index (χ0v) is 18.6. The third-order valence-corrected chi connectivity index (χ3v) is 5.88. The normalized spacial score (nSPS) is 18.1. The molecule has 32 heavy (non-hydrogen) atoms. The Labute approximate surface area is 195 Å². The molecule has 0 aromatic heterocycles. The molecule has 0 saturated heterocycles. The van der Waals surface area contributed by atoms with E-state index < -0.39 is 23.8 Å². The van der Waals surface area contributed by atoms with Crippen LogP contribution in [0.25, 0.3) is 5.70 Å². The molecular weight excluding hydrogens is 496 g/mol. The average molecular weight is 510 g/mol. The van der Waals surface area contributed by atoms with Gasteiger partial charge < -0.3 is 4.74 Å². The highest BCUT2D eigenvalue weighted by Gasteiger charge is 2.59. The van der Waals surface area contributed by atoms with Gasteiger partial charge in [-0.3, -0.25) is 20.4 Å². The first-order chi connectivity index (χ1) is 14.9. The van der Waals surface area contributed by atoms with E-state index in [-0.39, 0.29) is 31.9 Å². The second kappa shape index (κ2) is 8.82. The zero-order valence-electron chi connectivity index (χ0n) is 16.4. The summed E-state index contributed by atoms with van der Waals surface area (Å²) in [6.45, 7) is 1.56. The third kappa shape index (κ3) is 4.38. The Morgan fingerprint density at radius 3 is 2.28 bits per heavy atom. The number of methoxy groups -OCH3 is 1. The van der Waals surface area contributed by atoms with Crippen LogP contribution in [0.5, 0.6) is 0 Å². The Hall–Kier alpha value is -2.46. The van der Waals surface area contributed by atoms with Crippen LogP contribution in [0.4, 0.5) is 18.0 Å².